The largest absolute Gasteiger partial charge is 0.357 e. The molecule has 1 fully saturated rings. The van der Waals surface area contributed by atoms with E-state index in [0.29, 0.717) is 5.95 Å². The topological polar surface area (TPSA) is 69.7 Å². The lowest BCUT2D eigenvalue weighted by atomic mass is 10.3. The maximum Gasteiger partial charge on any atom is 0.226 e. The summed E-state index contributed by atoms with van der Waals surface area (Å²) in [7, 11) is 2.09. The monoisotopic (exact) mass is 274 g/mol. The third kappa shape index (κ3) is 2.55. The molecule has 2 unspecified atom stereocenters. The lowest BCUT2D eigenvalue weighted by molar-refractivity contribution is 0.720. The molecule has 0 aliphatic heterocycles. The van der Waals surface area contributed by atoms with Crippen LogP contribution in [0, 0.1) is 11.8 Å². The van der Waals surface area contributed by atoms with E-state index in [4.69, 9.17) is 0 Å². The Labute approximate surface area is 119 Å². The first kappa shape index (κ1) is 13.1. The summed E-state index contributed by atoms with van der Waals surface area (Å²) in [4.78, 5) is 18.7. The van der Waals surface area contributed by atoms with E-state index in [2.05, 4.69) is 51.0 Å². The van der Waals surface area contributed by atoms with E-state index in [1.165, 1.54) is 6.42 Å². The number of aromatic nitrogens is 4. The van der Waals surface area contributed by atoms with Gasteiger partial charge in [0.15, 0.2) is 11.5 Å². The summed E-state index contributed by atoms with van der Waals surface area (Å²) >= 11 is 0. The molecule has 6 nitrogen and oxygen atoms in total. The number of hydrogen-bond donors (Lipinski definition) is 2. The zero-order chi connectivity index (χ0) is 14.1. The molecular formula is C14H22N6. The molecule has 6 heteroatoms. The van der Waals surface area contributed by atoms with Gasteiger partial charge in [0, 0.05) is 20.1 Å². The van der Waals surface area contributed by atoms with Crippen molar-refractivity contribution in [2.75, 3.05) is 30.4 Å². The minimum atomic E-state index is 0.664. The summed E-state index contributed by atoms with van der Waals surface area (Å²) in [6.07, 6.45) is 4.05. The van der Waals surface area contributed by atoms with Gasteiger partial charge in [-0.15, -0.1) is 0 Å². The molecule has 0 bridgehead atoms. The second kappa shape index (κ2) is 5.26. The number of imidazole rings is 1. The van der Waals surface area contributed by atoms with Crippen molar-refractivity contribution in [2.45, 2.75) is 26.7 Å². The highest BCUT2D eigenvalue weighted by atomic mass is 15.2. The Kier molecular flexibility index (Phi) is 3.46. The van der Waals surface area contributed by atoms with Crippen molar-refractivity contribution in [3.63, 3.8) is 0 Å². The van der Waals surface area contributed by atoms with Crippen molar-refractivity contribution in [1.82, 2.24) is 19.9 Å². The first-order chi connectivity index (χ1) is 9.69. The molecule has 2 atom stereocenters. The number of anilines is 2. The third-order valence-electron chi connectivity index (χ3n) is 3.95. The van der Waals surface area contributed by atoms with Crippen molar-refractivity contribution in [3.8, 4) is 0 Å². The van der Waals surface area contributed by atoms with Crippen LogP contribution in [-0.4, -0.2) is 40.1 Å². The van der Waals surface area contributed by atoms with Gasteiger partial charge in [-0.25, -0.2) is 4.98 Å². The second-order valence-electron chi connectivity index (χ2n) is 5.75. The Morgan fingerprint density at radius 2 is 2.25 bits per heavy atom. The van der Waals surface area contributed by atoms with Gasteiger partial charge in [-0.3, -0.25) is 0 Å². The third-order valence-corrected chi connectivity index (χ3v) is 3.95. The van der Waals surface area contributed by atoms with Gasteiger partial charge < -0.3 is 15.2 Å². The number of nitrogens with zero attached hydrogens (tertiary/aromatic N) is 4. The molecule has 1 saturated carbocycles. The molecule has 2 heterocycles. The van der Waals surface area contributed by atoms with Gasteiger partial charge >= 0.3 is 0 Å². The second-order valence-corrected chi connectivity index (χ2v) is 5.75. The molecule has 0 spiro atoms. The van der Waals surface area contributed by atoms with Crippen LogP contribution < -0.4 is 10.2 Å². The van der Waals surface area contributed by atoms with E-state index >= 15 is 0 Å². The van der Waals surface area contributed by atoms with Crippen LogP contribution in [0.25, 0.3) is 11.2 Å². The summed E-state index contributed by atoms with van der Waals surface area (Å²) in [5.41, 5.74) is 1.65. The number of fused-ring (bicyclic) bond motifs is 1. The average Bonchev–Trinajstić information content (AvgIpc) is 2.93. The van der Waals surface area contributed by atoms with Crippen LogP contribution in [0.4, 0.5) is 11.8 Å². The molecule has 2 aromatic rings. The number of aromatic amines is 1. The van der Waals surface area contributed by atoms with Gasteiger partial charge in [-0.1, -0.05) is 13.8 Å². The van der Waals surface area contributed by atoms with Crippen LogP contribution in [-0.2, 0) is 0 Å². The highest BCUT2D eigenvalue weighted by molar-refractivity contribution is 5.84. The lowest BCUT2D eigenvalue weighted by Crippen LogP contribution is -2.22. The zero-order valence-corrected chi connectivity index (χ0v) is 12.3. The molecule has 0 aromatic carbocycles. The normalized spacial score (nSPS) is 21.1. The van der Waals surface area contributed by atoms with Crippen LogP contribution >= 0.6 is 0 Å². The SMILES string of the molecule is CCCNc1nc(N(C)CC2CC2C)c2[nH]cnc2n1. The van der Waals surface area contributed by atoms with E-state index in [1.54, 1.807) is 6.33 Å². The highest BCUT2D eigenvalue weighted by Crippen LogP contribution is 2.39. The summed E-state index contributed by atoms with van der Waals surface area (Å²) < 4.78 is 0. The first-order valence-corrected chi connectivity index (χ1v) is 7.35. The molecule has 0 amide bonds. The predicted octanol–water partition coefficient (Wildman–Crippen LogP) is 2.27. The Balaban J connectivity index is 1.88. The molecule has 2 aromatic heterocycles. The zero-order valence-electron chi connectivity index (χ0n) is 12.3. The smallest absolute Gasteiger partial charge is 0.226 e. The minimum absolute atomic E-state index is 0.664. The maximum absolute atomic E-state index is 4.65. The van der Waals surface area contributed by atoms with E-state index in [1.807, 2.05) is 0 Å². The molecule has 2 N–H and O–H groups in total. The minimum Gasteiger partial charge on any atom is -0.357 e. The van der Waals surface area contributed by atoms with Gasteiger partial charge in [0.2, 0.25) is 5.95 Å². The molecular weight excluding hydrogens is 252 g/mol. The quantitative estimate of drug-likeness (QED) is 0.845. The molecule has 0 radical (unpaired) electrons. The fraction of sp³-hybridized carbons (Fsp3) is 0.643. The highest BCUT2D eigenvalue weighted by Gasteiger charge is 2.33. The Morgan fingerprint density at radius 3 is 2.95 bits per heavy atom. The van der Waals surface area contributed by atoms with Crippen LogP contribution in [0.3, 0.4) is 0 Å². The summed E-state index contributed by atoms with van der Waals surface area (Å²) in [6, 6.07) is 0. The Morgan fingerprint density at radius 1 is 1.45 bits per heavy atom. The fourth-order valence-corrected chi connectivity index (χ4v) is 2.50. The van der Waals surface area contributed by atoms with Crippen molar-refractivity contribution in [1.29, 1.82) is 0 Å². The summed E-state index contributed by atoms with van der Waals surface area (Å²) in [5, 5.41) is 3.25. The van der Waals surface area contributed by atoms with Crippen molar-refractivity contribution >= 4 is 22.9 Å². The van der Waals surface area contributed by atoms with E-state index in [0.717, 1.165) is 48.3 Å². The number of hydrogen-bond acceptors (Lipinski definition) is 5. The van der Waals surface area contributed by atoms with Crippen molar-refractivity contribution < 1.29 is 0 Å². The predicted molar refractivity (Wildman–Crippen MR) is 81.0 cm³/mol. The molecule has 108 valence electrons. The molecule has 3 rings (SSSR count). The van der Waals surface area contributed by atoms with E-state index in [9.17, 15) is 0 Å². The van der Waals surface area contributed by atoms with Crippen LogP contribution in [0.15, 0.2) is 6.33 Å². The molecule has 1 aliphatic rings. The molecule has 1 aliphatic carbocycles. The lowest BCUT2D eigenvalue weighted by Gasteiger charge is -2.19. The standard InChI is InChI=1S/C14H22N6/c1-4-5-15-14-18-12-11(16-8-17-12)13(19-14)20(3)7-10-6-9(10)2/h8-10H,4-7H2,1-3H3,(H2,15,16,17,18,19). The number of H-pyrrole nitrogens is 1. The number of nitrogens with one attached hydrogen (secondary N) is 2. The van der Waals surface area contributed by atoms with E-state index < -0.39 is 0 Å². The molecule has 20 heavy (non-hydrogen) atoms. The van der Waals surface area contributed by atoms with Gasteiger partial charge in [0.1, 0.15) is 5.52 Å². The summed E-state index contributed by atoms with van der Waals surface area (Å²) in [5.74, 6) is 3.23. The maximum atomic E-state index is 4.65. The van der Waals surface area contributed by atoms with Crippen LogP contribution in [0.1, 0.15) is 26.7 Å². The first-order valence-electron chi connectivity index (χ1n) is 7.35. The van der Waals surface area contributed by atoms with Crippen molar-refractivity contribution in [3.05, 3.63) is 6.33 Å². The Bertz CT molecular complexity index is 592. The van der Waals surface area contributed by atoms with Gasteiger partial charge in [-0.05, 0) is 24.7 Å². The van der Waals surface area contributed by atoms with Gasteiger partial charge in [0.05, 0.1) is 6.33 Å². The fourth-order valence-electron chi connectivity index (χ4n) is 2.50. The van der Waals surface area contributed by atoms with Crippen molar-refractivity contribution in [2.24, 2.45) is 11.8 Å². The van der Waals surface area contributed by atoms with E-state index in [-0.39, 0.29) is 0 Å². The average molecular weight is 274 g/mol. The van der Waals surface area contributed by atoms with Crippen LogP contribution in [0.2, 0.25) is 0 Å². The van der Waals surface area contributed by atoms with Gasteiger partial charge in [0.25, 0.3) is 0 Å². The summed E-state index contributed by atoms with van der Waals surface area (Å²) in [6.45, 7) is 6.35. The molecule has 0 saturated heterocycles. The Hall–Kier alpha value is -1.85. The van der Waals surface area contributed by atoms with Crippen LogP contribution in [0.5, 0.6) is 0 Å². The number of rotatable bonds is 6. The van der Waals surface area contributed by atoms with Gasteiger partial charge in [-0.2, -0.15) is 9.97 Å².